The van der Waals surface area contributed by atoms with Gasteiger partial charge in [-0.3, -0.25) is 14.8 Å². The molecule has 6 nitrogen and oxygen atoms in total. The highest BCUT2D eigenvalue weighted by atomic mass is 32.2. The van der Waals surface area contributed by atoms with Gasteiger partial charge in [0.25, 0.3) is 0 Å². The number of aromatic nitrogens is 2. The third-order valence-corrected chi connectivity index (χ3v) is 3.02. The van der Waals surface area contributed by atoms with Crippen LogP contribution in [0.2, 0.25) is 0 Å². The Kier molecular flexibility index (Phi) is 3.01. The normalized spacial score (nSPS) is 10.4. The molecule has 0 atom stereocenters. The quantitative estimate of drug-likeness (QED) is 0.668. The summed E-state index contributed by atoms with van der Waals surface area (Å²) in [7, 11) is 1.63. The molecule has 88 valence electrons. The van der Waals surface area contributed by atoms with Crippen LogP contribution < -0.4 is 0 Å². The Hall–Kier alpha value is -2.02. The molecule has 17 heavy (non-hydrogen) atoms. The van der Waals surface area contributed by atoms with E-state index in [0.717, 1.165) is 4.90 Å². The molecular weight excluding hydrogens is 242 g/mol. The van der Waals surface area contributed by atoms with E-state index in [2.05, 4.69) is 5.10 Å². The van der Waals surface area contributed by atoms with Crippen molar-refractivity contribution in [1.82, 2.24) is 9.78 Å². The van der Waals surface area contributed by atoms with Crippen molar-refractivity contribution in [3.05, 3.63) is 40.6 Å². The van der Waals surface area contributed by atoms with E-state index >= 15 is 0 Å². The lowest BCUT2D eigenvalue weighted by atomic mass is 10.3. The number of hydrogen-bond donors (Lipinski definition) is 1. The first kappa shape index (κ1) is 11.5. The predicted molar refractivity (Wildman–Crippen MR) is 62.1 cm³/mol. The van der Waals surface area contributed by atoms with Crippen LogP contribution in [0.1, 0.15) is 0 Å². The molecule has 1 aromatic carbocycles. The molecule has 7 heteroatoms. The maximum absolute atomic E-state index is 10.8. The van der Waals surface area contributed by atoms with Crippen LogP contribution in [0.15, 0.2) is 40.4 Å². The van der Waals surface area contributed by atoms with Crippen molar-refractivity contribution in [2.24, 2.45) is 7.05 Å². The van der Waals surface area contributed by atoms with Gasteiger partial charge in [0.15, 0.2) is 0 Å². The van der Waals surface area contributed by atoms with Crippen LogP contribution >= 0.6 is 11.8 Å². The van der Waals surface area contributed by atoms with Crippen LogP contribution in [0.3, 0.4) is 0 Å². The number of benzene rings is 1. The molecule has 0 aliphatic heterocycles. The highest BCUT2D eigenvalue weighted by Gasteiger charge is 2.19. The fraction of sp³-hybridized carbons (Fsp3) is 0.100. The molecule has 0 unspecified atom stereocenters. The van der Waals surface area contributed by atoms with Gasteiger partial charge in [0, 0.05) is 11.9 Å². The molecule has 0 spiro atoms. The van der Waals surface area contributed by atoms with Gasteiger partial charge in [-0.25, -0.2) is 0 Å². The average molecular weight is 251 g/mol. The summed E-state index contributed by atoms with van der Waals surface area (Å²) in [6.45, 7) is 0. The minimum absolute atomic E-state index is 0.0226. The molecule has 0 saturated carbocycles. The van der Waals surface area contributed by atoms with Gasteiger partial charge in [0.2, 0.25) is 5.03 Å². The van der Waals surface area contributed by atoms with Crippen molar-refractivity contribution in [2.75, 3.05) is 0 Å². The summed E-state index contributed by atoms with van der Waals surface area (Å²) >= 11 is 1.19. The van der Waals surface area contributed by atoms with E-state index in [1.54, 1.807) is 19.2 Å². The summed E-state index contributed by atoms with van der Waals surface area (Å²) in [4.78, 5) is 11.1. The maximum atomic E-state index is 10.8. The van der Waals surface area contributed by atoms with Gasteiger partial charge in [-0.05, 0) is 24.3 Å². The smallest absolute Gasteiger partial charge is 0.321 e. The van der Waals surface area contributed by atoms with Gasteiger partial charge in [0.1, 0.15) is 11.9 Å². The Morgan fingerprint density at radius 2 is 2.06 bits per heavy atom. The second-order valence-electron chi connectivity index (χ2n) is 3.35. The summed E-state index contributed by atoms with van der Waals surface area (Å²) in [5, 5.41) is 24.3. The van der Waals surface area contributed by atoms with Crippen molar-refractivity contribution >= 4 is 17.4 Å². The Balaban J connectivity index is 2.29. The van der Waals surface area contributed by atoms with Crippen molar-refractivity contribution in [1.29, 1.82) is 0 Å². The van der Waals surface area contributed by atoms with E-state index in [1.165, 1.54) is 34.8 Å². The van der Waals surface area contributed by atoms with Crippen LogP contribution in [0.4, 0.5) is 5.69 Å². The summed E-state index contributed by atoms with van der Waals surface area (Å²) < 4.78 is 1.40. The number of hydrogen-bond acceptors (Lipinski definition) is 5. The Bertz CT molecular complexity index is 550. The summed E-state index contributed by atoms with van der Waals surface area (Å²) in [6.07, 6.45) is 1.36. The summed E-state index contributed by atoms with van der Waals surface area (Å²) in [5.74, 6) is 0.157. The molecule has 0 saturated heterocycles. The SMILES string of the molecule is Cn1cc([N+](=O)[O-])c(Sc2ccc(O)cc2)n1. The van der Waals surface area contributed by atoms with Gasteiger partial charge in [-0.2, -0.15) is 5.10 Å². The number of nitro groups is 1. The van der Waals surface area contributed by atoms with Gasteiger partial charge in [0.05, 0.1) is 4.92 Å². The highest BCUT2D eigenvalue weighted by molar-refractivity contribution is 7.99. The van der Waals surface area contributed by atoms with E-state index in [0.29, 0.717) is 5.03 Å². The Morgan fingerprint density at radius 3 is 2.65 bits per heavy atom. The summed E-state index contributed by atoms with van der Waals surface area (Å²) in [6, 6.07) is 6.41. The molecule has 0 radical (unpaired) electrons. The fourth-order valence-corrected chi connectivity index (χ4v) is 2.18. The van der Waals surface area contributed by atoms with Crippen LogP contribution in [0.25, 0.3) is 0 Å². The molecule has 0 amide bonds. The van der Waals surface area contributed by atoms with Gasteiger partial charge in [-0.1, -0.05) is 11.8 Å². The average Bonchev–Trinajstić information content (AvgIpc) is 2.63. The number of phenols is 1. The number of rotatable bonds is 3. The van der Waals surface area contributed by atoms with Crippen molar-refractivity contribution in [3.63, 3.8) is 0 Å². The molecule has 0 bridgehead atoms. The lowest BCUT2D eigenvalue weighted by Gasteiger charge is -1.97. The first-order chi connectivity index (χ1) is 8.06. The highest BCUT2D eigenvalue weighted by Crippen LogP contribution is 2.33. The molecule has 1 heterocycles. The molecule has 1 N–H and O–H groups in total. The first-order valence-corrected chi connectivity index (χ1v) is 5.53. The molecule has 2 aromatic rings. The number of aryl methyl sites for hydroxylation is 1. The molecular formula is C10H9N3O3S. The van der Waals surface area contributed by atoms with Crippen molar-refractivity contribution in [2.45, 2.75) is 9.92 Å². The van der Waals surface area contributed by atoms with Gasteiger partial charge >= 0.3 is 5.69 Å². The van der Waals surface area contributed by atoms with Crippen molar-refractivity contribution in [3.8, 4) is 5.75 Å². The third-order valence-electron chi connectivity index (χ3n) is 2.02. The van der Waals surface area contributed by atoms with Gasteiger partial charge < -0.3 is 5.11 Å². The second-order valence-corrected chi connectivity index (χ2v) is 4.41. The van der Waals surface area contributed by atoms with Gasteiger partial charge in [-0.15, -0.1) is 0 Å². The predicted octanol–water partition coefficient (Wildman–Crippen LogP) is 2.19. The zero-order valence-electron chi connectivity index (χ0n) is 8.90. The molecule has 0 aliphatic rings. The zero-order valence-corrected chi connectivity index (χ0v) is 9.72. The molecule has 1 aromatic heterocycles. The number of nitrogens with zero attached hydrogens (tertiary/aromatic N) is 3. The van der Waals surface area contributed by atoms with Crippen LogP contribution in [-0.2, 0) is 7.05 Å². The first-order valence-electron chi connectivity index (χ1n) is 4.71. The minimum atomic E-state index is -0.463. The number of phenolic OH excluding ortho intramolecular Hbond substituents is 1. The lowest BCUT2D eigenvalue weighted by molar-refractivity contribution is -0.387. The minimum Gasteiger partial charge on any atom is -0.508 e. The van der Waals surface area contributed by atoms with E-state index < -0.39 is 4.92 Å². The van der Waals surface area contributed by atoms with E-state index in [4.69, 9.17) is 5.11 Å². The van der Waals surface area contributed by atoms with Crippen LogP contribution in [-0.4, -0.2) is 19.8 Å². The molecule has 0 fully saturated rings. The summed E-state index contributed by atoms with van der Waals surface area (Å²) in [5.41, 5.74) is -0.0226. The van der Waals surface area contributed by atoms with E-state index in [-0.39, 0.29) is 11.4 Å². The van der Waals surface area contributed by atoms with E-state index in [9.17, 15) is 10.1 Å². The lowest BCUT2D eigenvalue weighted by Crippen LogP contribution is -1.87. The maximum Gasteiger partial charge on any atom is 0.321 e. The van der Waals surface area contributed by atoms with E-state index in [1.807, 2.05) is 0 Å². The van der Waals surface area contributed by atoms with Crippen LogP contribution in [0.5, 0.6) is 5.75 Å². The molecule has 0 aliphatic carbocycles. The third kappa shape index (κ3) is 2.56. The second kappa shape index (κ2) is 4.46. The zero-order chi connectivity index (χ0) is 12.4. The topological polar surface area (TPSA) is 81.2 Å². The number of aromatic hydroxyl groups is 1. The Labute approximate surface area is 101 Å². The van der Waals surface area contributed by atoms with Crippen LogP contribution in [0, 0.1) is 10.1 Å². The standard InChI is InChI=1S/C10H9N3O3S/c1-12-6-9(13(15)16)10(11-12)17-8-4-2-7(14)3-5-8/h2-6,14H,1H3. The molecule has 2 rings (SSSR count). The Morgan fingerprint density at radius 1 is 1.41 bits per heavy atom. The monoisotopic (exact) mass is 251 g/mol. The van der Waals surface area contributed by atoms with Crippen molar-refractivity contribution < 1.29 is 10.0 Å². The fourth-order valence-electron chi connectivity index (χ4n) is 1.28. The largest absolute Gasteiger partial charge is 0.508 e.